The van der Waals surface area contributed by atoms with Crippen LogP contribution in [0.5, 0.6) is 0 Å². The summed E-state index contributed by atoms with van der Waals surface area (Å²) in [6.45, 7) is 1.60. The number of carboxylic acids is 1. The lowest BCUT2D eigenvalue weighted by molar-refractivity contribution is -0.137. The molecule has 1 aromatic heterocycles. The molecule has 7 heteroatoms. The van der Waals surface area contributed by atoms with E-state index in [-0.39, 0.29) is 24.7 Å². The van der Waals surface area contributed by atoms with Crippen molar-refractivity contribution in [2.75, 3.05) is 6.54 Å². The normalized spacial score (nSPS) is 15.9. The lowest BCUT2D eigenvalue weighted by Gasteiger charge is -2.23. The third-order valence-electron chi connectivity index (χ3n) is 2.91. The number of rotatable bonds is 5. The number of hydrogen-bond acceptors (Lipinski definition) is 3. The Morgan fingerprint density at radius 1 is 1.58 bits per heavy atom. The molecule has 1 aromatic rings. The van der Waals surface area contributed by atoms with Gasteiger partial charge in [0.25, 0.3) is 0 Å². The summed E-state index contributed by atoms with van der Waals surface area (Å²) in [5.74, 6) is -0.992. The van der Waals surface area contributed by atoms with Crippen molar-refractivity contribution in [3.05, 3.63) is 21.3 Å². The van der Waals surface area contributed by atoms with Crippen molar-refractivity contribution in [2.24, 2.45) is 0 Å². The van der Waals surface area contributed by atoms with E-state index >= 15 is 0 Å². The monoisotopic (exact) mass is 302 g/mol. The standard InChI is InChI=1S/C12H15ClN2O3S/c1-7(9-4-5-10(13)19-9)14-12(18)15(6-11(16)17)8-2-3-8/h4-5,7-8H,2-3,6H2,1H3,(H,14,18)(H,16,17). The Morgan fingerprint density at radius 2 is 2.26 bits per heavy atom. The van der Waals surface area contributed by atoms with Gasteiger partial charge in [0.1, 0.15) is 6.54 Å². The predicted octanol–water partition coefficient (Wildman–Crippen LogP) is 2.72. The molecule has 2 amide bonds. The van der Waals surface area contributed by atoms with Crippen molar-refractivity contribution in [3.63, 3.8) is 0 Å². The Balaban J connectivity index is 1.96. The second-order valence-electron chi connectivity index (χ2n) is 4.57. The lowest BCUT2D eigenvalue weighted by Crippen LogP contribution is -2.44. The van der Waals surface area contributed by atoms with E-state index in [4.69, 9.17) is 16.7 Å². The molecule has 1 heterocycles. The molecule has 2 N–H and O–H groups in total. The Hall–Kier alpha value is -1.27. The second kappa shape index (κ2) is 5.79. The Kier molecular flexibility index (Phi) is 4.31. The molecule has 5 nitrogen and oxygen atoms in total. The van der Waals surface area contributed by atoms with Crippen LogP contribution in [0.3, 0.4) is 0 Å². The molecule has 0 saturated heterocycles. The summed E-state index contributed by atoms with van der Waals surface area (Å²) in [6.07, 6.45) is 1.75. The van der Waals surface area contributed by atoms with Crippen molar-refractivity contribution in [3.8, 4) is 0 Å². The van der Waals surface area contributed by atoms with Gasteiger partial charge in [-0.05, 0) is 31.9 Å². The number of nitrogens with one attached hydrogen (secondary N) is 1. The van der Waals surface area contributed by atoms with E-state index in [1.165, 1.54) is 16.2 Å². The van der Waals surface area contributed by atoms with Gasteiger partial charge in [0.15, 0.2) is 0 Å². The highest BCUT2D eigenvalue weighted by Crippen LogP contribution is 2.29. The van der Waals surface area contributed by atoms with Gasteiger partial charge in [-0.3, -0.25) is 4.79 Å². The molecule has 104 valence electrons. The van der Waals surface area contributed by atoms with E-state index in [0.717, 1.165) is 17.7 Å². The lowest BCUT2D eigenvalue weighted by atomic mass is 10.3. The first kappa shape index (κ1) is 14.1. The molecule has 0 spiro atoms. The minimum atomic E-state index is -0.992. The van der Waals surface area contributed by atoms with Crippen LogP contribution < -0.4 is 5.32 Å². The number of carboxylic acid groups (broad SMARTS) is 1. The Morgan fingerprint density at radius 3 is 2.74 bits per heavy atom. The molecule has 0 radical (unpaired) electrons. The molecule has 19 heavy (non-hydrogen) atoms. The van der Waals surface area contributed by atoms with Gasteiger partial charge in [-0.1, -0.05) is 11.6 Å². The van der Waals surface area contributed by atoms with Gasteiger partial charge in [0.2, 0.25) is 0 Å². The molecule has 1 aliphatic carbocycles. The van der Waals surface area contributed by atoms with Crippen LogP contribution in [0.2, 0.25) is 4.34 Å². The van der Waals surface area contributed by atoms with Crippen LogP contribution >= 0.6 is 22.9 Å². The highest BCUT2D eigenvalue weighted by atomic mass is 35.5. The van der Waals surface area contributed by atoms with Gasteiger partial charge in [-0.25, -0.2) is 4.79 Å². The van der Waals surface area contributed by atoms with E-state index in [1.807, 2.05) is 13.0 Å². The first-order valence-electron chi connectivity index (χ1n) is 6.01. The molecule has 0 aromatic carbocycles. The molecule has 1 aliphatic rings. The number of carbonyl (C=O) groups excluding carboxylic acids is 1. The fourth-order valence-electron chi connectivity index (χ4n) is 1.80. The molecule has 0 bridgehead atoms. The third kappa shape index (κ3) is 3.84. The minimum absolute atomic E-state index is 0.0650. The molecule has 1 atom stereocenters. The zero-order valence-corrected chi connectivity index (χ0v) is 12.0. The van der Waals surface area contributed by atoms with Crippen LogP contribution in [0.4, 0.5) is 4.79 Å². The summed E-state index contributed by atoms with van der Waals surface area (Å²) in [5, 5.41) is 11.6. The number of hydrogen-bond donors (Lipinski definition) is 2. The molecular weight excluding hydrogens is 288 g/mol. The van der Waals surface area contributed by atoms with Gasteiger partial charge in [-0.2, -0.15) is 0 Å². The zero-order valence-electron chi connectivity index (χ0n) is 10.4. The molecule has 0 aliphatic heterocycles. The van der Waals surface area contributed by atoms with Crippen molar-refractivity contribution in [1.29, 1.82) is 0 Å². The predicted molar refractivity (Wildman–Crippen MR) is 73.6 cm³/mol. The summed E-state index contributed by atoms with van der Waals surface area (Å²) in [4.78, 5) is 25.2. The van der Waals surface area contributed by atoms with E-state index in [9.17, 15) is 9.59 Å². The molecule has 1 saturated carbocycles. The van der Waals surface area contributed by atoms with Crippen LogP contribution in [0, 0.1) is 0 Å². The maximum absolute atomic E-state index is 12.1. The fourth-order valence-corrected chi connectivity index (χ4v) is 2.86. The van der Waals surface area contributed by atoms with Crippen molar-refractivity contribution >= 4 is 34.9 Å². The summed E-state index contributed by atoms with van der Waals surface area (Å²) < 4.78 is 0.667. The number of carbonyl (C=O) groups is 2. The highest BCUT2D eigenvalue weighted by Gasteiger charge is 2.34. The van der Waals surface area contributed by atoms with Crippen LogP contribution in [-0.4, -0.2) is 34.6 Å². The number of urea groups is 1. The Labute approximate surface area is 120 Å². The van der Waals surface area contributed by atoms with Crippen molar-refractivity contribution in [1.82, 2.24) is 10.2 Å². The maximum atomic E-state index is 12.1. The number of halogens is 1. The van der Waals surface area contributed by atoms with Gasteiger partial charge in [0.05, 0.1) is 10.4 Å². The van der Waals surface area contributed by atoms with Gasteiger partial charge < -0.3 is 15.3 Å². The number of thiophene rings is 1. The minimum Gasteiger partial charge on any atom is -0.480 e. The topological polar surface area (TPSA) is 69.6 Å². The van der Waals surface area contributed by atoms with Gasteiger partial charge >= 0.3 is 12.0 Å². The summed E-state index contributed by atoms with van der Waals surface area (Å²) in [6, 6.07) is 3.19. The number of aliphatic carboxylic acids is 1. The summed E-state index contributed by atoms with van der Waals surface area (Å²) >= 11 is 7.25. The average molecular weight is 303 g/mol. The van der Waals surface area contributed by atoms with Crippen LogP contribution in [0.1, 0.15) is 30.7 Å². The van der Waals surface area contributed by atoms with Crippen molar-refractivity contribution < 1.29 is 14.7 Å². The maximum Gasteiger partial charge on any atom is 0.323 e. The van der Waals surface area contributed by atoms with Crippen LogP contribution in [0.15, 0.2) is 12.1 Å². The van der Waals surface area contributed by atoms with Crippen molar-refractivity contribution in [2.45, 2.75) is 31.8 Å². The molecule has 2 rings (SSSR count). The summed E-state index contributed by atoms with van der Waals surface area (Å²) in [5.41, 5.74) is 0. The molecule has 1 fully saturated rings. The number of amides is 2. The quantitative estimate of drug-likeness (QED) is 0.878. The van der Waals surface area contributed by atoms with Gasteiger partial charge in [0, 0.05) is 10.9 Å². The Bertz CT molecular complexity index is 487. The molecular formula is C12H15ClN2O3S. The third-order valence-corrected chi connectivity index (χ3v) is 4.33. The van der Waals surface area contributed by atoms with E-state index in [2.05, 4.69) is 5.32 Å². The van der Waals surface area contributed by atoms with Gasteiger partial charge in [-0.15, -0.1) is 11.3 Å². The van der Waals surface area contributed by atoms with Crippen LogP contribution in [-0.2, 0) is 4.79 Å². The fraction of sp³-hybridized carbons (Fsp3) is 0.500. The van der Waals surface area contributed by atoms with Crippen LogP contribution in [0.25, 0.3) is 0 Å². The number of nitrogens with zero attached hydrogens (tertiary/aromatic N) is 1. The first-order valence-corrected chi connectivity index (χ1v) is 7.21. The smallest absolute Gasteiger partial charge is 0.323 e. The largest absolute Gasteiger partial charge is 0.480 e. The zero-order chi connectivity index (χ0) is 14.0. The first-order chi connectivity index (χ1) is 8.97. The summed E-state index contributed by atoms with van der Waals surface area (Å²) in [7, 11) is 0. The van der Waals surface area contributed by atoms with E-state index < -0.39 is 5.97 Å². The molecule has 1 unspecified atom stereocenters. The van der Waals surface area contributed by atoms with E-state index in [1.54, 1.807) is 6.07 Å². The highest BCUT2D eigenvalue weighted by molar-refractivity contribution is 7.16. The average Bonchev–Trinajstić information content (AvgIpc) is 3.07. The van der Waals surface area contributed by atoms with E-state index in [0.29, 0.717) is 4.34 Å². The SMILES string of the molecule is CC(NC(=O)N(CC(=O)O)C1CC1)c1ccc(Cl)s1. The second-order valence-corrected chi connectivity index (χ2v) is 6.31.